The van der Waals surface area contributed by atoms with Crippen molar-refractivity contribution < 1.29 is 0 Å². The second kappa shape index (κ2) is 7.24. The summed E-state index contributed by atoms with van der Waals surface area (Å²) in [4.78, 5) is 2.64. The standard InChI is InChI=1S/C18H30N2/c1-5-20(13-17-7-6-10-19-12-17)16(4)18-11-14(2)8-9-15(18)3/h8-9,11,16-17,19H,5-7,10,12-13H2,1-4H3. The lowest BCUT2D eigenvalue weighted by atomic mass is 9.95. The van der Waals surface area contributed by atoms with Crippen molar-refractivity contribution in [3.63, 3.8) is 0 Å². The molecule has 2 atom stereocenters. The molecule has 1 aliphatic rings. The van der Waals surface area contributed by atoms with Gasteiger partial charge in [0, 0.05) is 12.6 Å². The van der Waals surface area contributed by atoms with Gasteiger partial charge in [0.15, 0.2) is 0 Å². The van der Waals surface area contributed by atoms with Crippen LogP contribution in [0.1, 0.15) is 49.4 Å². The average molecular weight is 274 g/mol. The number of rotatable bonds is 5. The van der Waals surface area contributed by atoms with Crippen LogP contribution in [0.3, 0.4) is 0 Å². The summed E-state index contributed by atoms with van der Waals surface area (Å²) < 4.78 is 0. The van der Waals surface area contributed by atoms with E-state index in [2.05, 4.69) is 56.1 Å². The van der Waals surface area contributed by atoms with Gasteiger partial charge in [-0.05, 0) is 70.3 Å². The molecule has 1 saturated heterocycles. The van der Waals surface area contributed by atoms with Crippen LogP contribution in [-0.2, 0) is 0 Å². The normalized spacial score (nSPS) is 21.1. The fourth-order valence-electron chi connectivity index (χ4n) is 3.38. The Morgan fingerprint density at radius 1 is 1.35 bits per heavy atom. The van der Waals surface area contributed by atoms with E-state index in [9.17, 15) is 0 Å². The first-order valence-corrected chi connectivity index (χ1v) is 8.13. The Bertz CT molecular complexity index is 421. The lowest BCUT2D eigenvalue weighted by Crippen LogP contribution is -2.39. The zero-order valence-corrected chi connectivity index (χ0v) is 13.6. The monoisotopic (exact) mass is 274 g/mol. The van der Waals surface area contributed by atoms with Crippen LogP contribution in [-0.4, -0.2) is 31.1 Å². The van der Waals surface area contributed by atoms with E-state index in [0.29, 0.717) is 6.04 Å². The van der Waals surface area contributed by atoms with Gasteiger partial charge in [0.05, 0.1) is 0 Å². The Morgan fingerprint density at radius 3 is 2.80 bits per heavy atom. The van der Waals surface area contributed by atoms with Gasteiger partial charge in [-0.2, -0.15) is 0 Å². The largest absolute Gasteiger partial charge is 0.316 e. The van der Waals surface area contributed by atoms with Crippen molar-refractivity contribution in [2.24, 2.45) is 5.92 Å². The number of aryl methyl sites for hydroxylation is 2. The molecule has 1 N–H and O–H groups in total. The predicted molar refractivity (Wildman–Crippen MR) is 87.2 cm³/mol. The minimum atomic E-state index is 0.516. The molecule has 1 fully saturated rings. The van der Waals surface area contributed by atoms with Crippen molar-refractivity contribution in [3.8, 4) is 0 Å². The first kappa shape index (κ1) is 15.5. The first-order chi connectivity index (χ1) is 9.61. The first-order valence-electron chi connectivity index (χ1n) is 8.13. The third-order valence-corrected chi connectivity index (χ3v) is 4.73. The quantitative estimate of drug-likeness (QED) is 0.881. The molecular weight excluding hydrogens is 244 g/mol. The van der Waals surface area contributed by atoms with Crippen LogP contribution < -0.4 is 5.32 Å². The second-order valence-electron chi connectivity index (χ2n) is 6.34. The van der Waals surface area contributed by atoms with Crippen molar-refractivity contribution in [2.75, 3.05) is 26.2 Å². The average Bonchev–Trinajstić information content (AvgIpc) is 2.47. The Labute approximate surface area is 124 Å². The highest BCUT2D eigenvalue weighted by atomic mass is 15.2. The molecule has 112 valence electrons. The highest BCUT2D eigenvalue weighted by Crippen LogP contribution is 2.26. The minimum Gasteiger partial charge on any atom is -0.316 e. The van der Waals surface area contributed by atoms with Gasteiger partial charge >= 0.3 is 0 Å². The number of nitrogens with zero attached hydrogens (tertiary/aromatic N) is 1. The van der Waals surface area contributed by atoms with Crippen LogP contribution in [0.5, 0.6) is 0 Å². The third kappa shape index (κ3) is 3.83. The summed E-state index contributed by atoms with van der Waals surface area (Å²) in [5.74, 6) is 0.816. The van der Waals surface area contributed by atoms with Crippen LogP contribution in [0.4, 0.5) is 0 Å². The molecular formula is C18H30N2. The van der Waals surface area contributed by atoms with Crippen LogP contribution in [0, 0.1) is 19.8 Å². The predicted octanol–water partition coefficient (Wildman–Crippen LogP) is 3.69. The summed E-state index contributed by atoms with van der Waals surface area (Å²) in [6.45, 7) is 13.8. The SMILES string of the molecule is CCN(CC1CCCNC1)C(C)c1cc(C)ccc1C. The summed E-state index contributed by atoms with van der Waals surface area (Å²) >= 11 is 0. The maximum atomic E-state index is 3.54. The highest BCUT2D eigenvalue weighted by molar-refractivity contribution is 5.32. The van der Waals surface area contributed by atoms with Crippen molar-refractivity contribution in [1.29, 1.82) is 0 Å². The molecule has 1 heterocycles. The zero-order chi connectivity index (χ0) is 14.5. The Kier molecular flexibility index (Phi) is 5.62. The fourth-order valence-corrected chi connectivity index (χ4v) is 3.38. The lowest BCUT2D eigenvalue weighted by Gasteiger charge is -2.34. The van der Waals surface area contributed by atoms with Gasteiger partial charge in [0.25, 0.3) is 0 Å². The van der Waals surface area contributed by atoms with Gasteiger partial charge in [-0.3, -0.25) is 4.90 Å². The summed E-state index contributed by atoms with van der Waals surface area (Å²) in [5, 5.41) is 3.54. The van der Waals surface area contributed by atoms with E-state index in [-0.39, 0.29) is 0 Å². The maximum Gasteiger partial charge on any atom is 0.0322 e. The maximum absolute atomic E-state index is 3.54. The molecule has 1 aromatic carbocycles. The molecule has 2 heteroatoms. The zero-order valence-electron chi connectivity index (χ0n) is 13.6. The van der Waals surface area contributed by atoms with E-state index < -0.39 is 0 Å². The van der Waals surface area contributed by atoms with E-state index in [0.717, 1.165) is 12.5 Å². The van der Waals surface area contributed by atoms with Gasteiger partial charge in [-0.25, -0.2) is 0 Å². The molecule has 2 nitrogen and oxygen atoms in total. The van der Waals surface area contributed by atoms with Crippen molar-refractivity contribution in [1.82, 2.24) is 10.2 Å². The lowest BCUT2D eigenvalue weighted by molar-refractivity contribution is 0.170. The van der Waals surface area contributed by atoms with E-state index in [4.69, 9.17) is 0 Å². The molecule has 2 rings (SSSR count). The number of piperidine rings is 1. The summed E-state index contributed by atoms with van der Waals surface area (Å²) in [5.41, 5.74) is 4.28. The fraction of sp³-hybridized carbons (Fsp3) is 0.667. The summed E-state index contributed by atoms with van der Waals surface area (Å²) in [6.07, 6.45) is 2.71. The molecule has 1 aliphatic heterocycles. The molecule has 0 aromatic heterocycles. The van der Waals surface area contributed by atoms with Gasteiger partial charge in [-0.15, -0.1) is 0 Å². The number of hydrogen-bond acceptors (Lipinski definition) is 2. The molecule has 0 radical (unpaired) electrons. The molecule has 0 aliphatic carbocycles. The van der Waals surface area contributed by atoms with Gasteiger partial charge in [0.2, 0.25) is 0 Å². The van der Waals surface area contributed by atoms with E-state index >= 15 is 0 Å². The number of nitrogens with one attached hydrogen (secondary N) is 1. The van der Waals surface area contributed by atoms with Gasteiger partial charge in [0.1, 0.15) is 0 Å². The molecule has 1 aromatic rings. The van der Waals surface area contributed by atoms with Crippen LogP contribution in [0.15, 0.2) is 18.2 Å². The number of benzene rings is 1. The van der Waals surface area contributed by atoms with E-state index in [1.807, 2.05) is 0 Å². The second-order valence-corrected chi connectivity index (χ2v) is 6.34. The molecule has 0 saturated carbocycles. The molecule has 2 unspecified atom stereocenters. The smallest absolute Gasteiger partial charge is 0.0322 e. The van der Waals surface area contributed by atoms with E-state index in [1.165, 1.54) is 49.2 Å². The van der Waals surface area contributed by atoms with Crippen LogP contribution >= 0.6 is 0 Å². The molecule has 0 bridgehead atoms. The summed E-state index contributed by atoms with van der Waals surface area (Å²) in [7, 11) is 0. The topological polar surface area (TPSA) is 15.3 Å². The molecule has 0 spiro atoms. The Balaban J connectivity index is 2.07. The van der Waals surface area contributed by atoms with E-state index in [1.54, 1.807) is 0 Å². The third-order valence-electron chi connectivity index (χ3n) is 4.73. The molecule has 20 heavy (non-hydrogen) atoms. The van der Waals surface area contributed by atoms with Gasteiger partial charge < -0.3 is 5.32 Å². The van der Waals surface area contributed by atoms with Gasteiger partial charge in [-0.1, -0.05) is 30.7 Å². The van der Waals surface area contributed by atoms with Crippen LogP contribution in [0.25, 0.3) is 0 Å². The van der Waals surface area contributed by atoms with Crippen molar-refractivity contribution >= 4 is 0 Å². The minimum absolute atomic E-state index is 0.516. The summed E-state index contributed by atoms with van der Waals surface area (Å²) in [6, 6.07) is 7.35. The van der Waals surface area contributed by atoms with Crippen molar-refractivity contribution in [3.05, 3.63) is 34.9 Å². The van der Waals surface area contributed by atoms with Crippen LogP contribution in [0.2, 0.25) is 0 Å². The Hall–Kier alpha value is -0.860. The van der Waals surface area contributed by atoms with Crippen molar-refractivity contribution in [2.45, 2.75) is 46.6 Å². The Morgan fingerprint density at radius 2 is 2.15 bits per heavy atom. The highest BCUT2D eigenvalue weighted by Gasteiger charge is 2.21. The molecule has 0 amide bonds. The number of hydrogen-bond donors (Lipinski definition) is 1.